The van der Waals surface area contributed by atoms with Gasteiger partial charge in [0.25, 0.3) is 0 Å². The molecule has 11 rings (SSSR count). The molecule has 0 bridgehead atoms. The highest BCUT2D eigenvalue weighted by Gasteiger charge is 2.22. The Morgan fingerprint density at radius 1 is 0.423 bits per heavy atom. The fourth-order valence-electron chi connectivity index (χ4n) is 7.70. The topological polar surface area (TPSA) is 43.6 Å². The third-order valence-electron chi connectivity index (χ3n) is 9.96. The van der Waals surface area contributed by atoms with E-state index >= 15 is 0 Å². The molecule has 5 heteroatoms. The lowest BCUT2D eigenvalue weighted by Gasteiger charge is -2.13. The molecule has 242 valence electrons. The van der Waals surface area contributed by atoms with Gasteiger partial charge in [0.05, 0.1) is 16.5 Å². The summed E-state index contributed by atoms with van der Waals surface area (Å²) < 4.78 is 38.8. The summed E-state index contributed by atoms with van der Waals surface area (Å²) in [5.41, 5.74) is 5.59. The fraction of sp³-hybridized carbons (Fsp3) is 0. The van der Waals surface area contributed by atoms with Gasteiger partial charge in [-0.15, -0.1) is 11.3 Å². The first-order valence-corrected chi connectivity index (χ1v) is 17.9. The third-order valence-corrected chi connectivity index (χ3v) is 11.0. The molecule has 0 aliphatic heterocycles. The van der Waals surface area contributed by atoms with E-state index in [1.54, 1.807) is 0 Å². The SMILES string of the molecule is [2H]c1c([2H])c([2H])c2c(sc3ccc4c(c32)c2c3ccccc3c3ccccc3c2n4-c2ccc(-c3nc(-c4ccccc4)nc(-c4ccccc4)n3)cc2)c1[2H]. The summed E-state index contributed by atoms with van der Waals surface area (Å²) >= 11 is 1.42. The van der Waals surface area contributed by atoms with Gasteiger partial charge in [0.15, 0.2) is 17.5 Å². The highest BCUT2D eigenvalue weighted by molar-refractivity contribution is 7.26. The number of aromatic nitrogens is 4. The summed E-state index contributed by atoms with van der Waals surface area (Å²) in [6.07, 6.45) is 0. The minimum absolute atomic E-state index is 0.00541. The van der Waals surface area contributed by atoms with E-state index in [0.29, 0.717) is 27.6 Å². The monoisotopic (exact) mass is 684 g/mol. The van der Waals surface area contributed by atoms with Crippen LogP contribution in [0.3, 0.4) is 0 Å². The van der Waals surface area contributed by atoms with E-state index in [2.05, 4.69) is 89.5 Å². The number of thiophene rings is 1. The zero-order valence-corrected chi connectivity index (χ0v) is 28.4. The average molecular weight is 685 g/mol. The van der Waals surface area contributed by atoms with Crippen LogP contribution >= 0.6 is 11.3 Å². The molecule has 0 spiro atoms. The molecule has 3 aromatic heterocycles. The van der Waals surface area contributed by atoms with Crippen molar-refractivity contribution in [1.82, 2.24) is 19.5 Å². The molecular weight excluding hydrogens is 653 g/mol. The maximum atomic E-state index is 9.11. The van der Waals surface area contributed by atoms with Crippen LogP contribution < -0.4 is 0 Å². The Balaban J connectivity index is 1.22. The number of hydrogen-bond acceptors (Lipinski definition) is 4. The molecule has 11 aromatic rings. The van der Waals surface area contributed by atoms with E-state index in [1.807, 2.05) is 60.7 Å². The number of rotatable bonds is 4. The Bertz CT molecular complexity index is 3340. The zero-order valence-electron chi connectivity index (χ0n) is 31.6. The minimum atomic E-state index is -0.224. The molecule has 4 nitrogen and oxygen atoms in total. The summed E-state index contributed by atoms with van der Waals surface area (Å²) in [5, 5.41) is 7.87. The van der Waals surface area contributed by atoms with Crippen molar-refractivity contribution in [3.63, 3.8) is 0 Å². The van der Waals surface area contributed by atoms with Gasteiger partial charge in [-0.25, -0.2) is 15.0 Å². The van der Waals surface area contributed by atoms with Crippen LogP contribution in [-0.2, 0) is 0 Å². The van der Waals surface area contributed by atoms with Crippen molar-refractivity contribution in [3.8, 4) is 39.9 Å². The van der Waals surface area contributed by atoms with Crippen molar-refractivity contribution >= 4 is 74.9 Å². The van der Waals surface area contributed by atoms with Crippen molar-refractivity contribution in [3.05, 3.63) is 170 Å². The summed E-state index contributed by atoms with van der Waals surface area (Å²) in [6, 6.07) is 48.9. The Labute approximate surface area is 308 Å². The highest BCUT2D eigenvalue weighted by atomic mass is 32.1. The molecule has 0 aliphatic carbocycles. The van der Waals surface area contributed by atoms with Crippen molar-refractivity contribution < 1.29 is 5.48 Å². The van der Waals surface area contributed by atoms with Crippen LogP contribution in [-0.4, -0.2) is 19.5 Å². The largest absolute Gasteiger partial charge is 0.309 e. The molecule has 0 radical (unpaired) electrons. The third kappa shape index (κ3) is 4.36. The molecule has 3 heterocycles. The fourth-order valence-corrected chi connectivity index (χ4v) is 8.72. The van der Waals surface area contributed by atoms with E-state index in [1.165, 1.54) is 11.3 Å². The van der Waals surface area contributed by atoms with Gasteiger partial charge in [0.2, 0.25) is 0 Å². The first-order chi connectivity index (χ1) is 27.5. The molecule has 0 N–H and O–H groups in total. The lowest BCUT2D eigenvalue weighted by Crippen LogP contribution is -2.00. The van der Waals surface area contributed by atoms with Gasteiger partial charge in [-0.2, -0.15) is 0 Å². The highest BCUT2D eigenvalue weighted by Crippen LogP contribution is 2.47. The van der Waals surface area contributed by atoms with Crippen LogP contribution in [0.4, 0.5) is 0 Å². The van der Waals surface area contributed by atoms with Gasteiger partial charge in [0.1, 0.15) is 0 Å². The van der Waals surface area contributed by atoms with Gasteiger partial charge < -0.3 is 4.57 Å². The number of benzene rings is 8. The molecule has 0 unspecified atom stereocenters. The smallest absolute Gasteiger partial charge is 0.164 e. The molecule has 8 aromatic carbocycles. The van der Waals surface area contributed by atoms with Gasteiger partial charge in [0, 0.05) is 58.7 Å². The Morgan fingerprint density at radius 3 is 1.62 bits per heavy atom. The van der Waals surface area contributed by atoms with Crippen LogP contribution in [0.2, 0.25) is 0 Å². The van der Waals surface area contributed by atoms with E-state index in [0.717, 1.165) is 75.8 Å². The van der Waals surface area contributed by atoms with Gasteiger partial charge in [-0.1, -0.05) is 127 Å². The number of hydrogen-bond donors (Lipinski definition) is 0. The van der Waals surface area contributed by atoms with Gasteiger partial charge in [-0.05, 0) is 58.6 Å². The van der Waals surface area contributed by atoms with Crippen LogP contribution in [0, 0.1) is 0 Å². The summed E-state index contributed by atoms with van der Waals surface area (Å²) in [5.74, 6) is 1.78. The lowest BCUT2D eigenvalue weighted by molar-refractivity contribution is 1.07. The van der Waals surface area contributed by atoms with Crippen LogP contribution in [0.5, 0.6) is 0 Å². The van der Waals surface area contributed by atoms with E-state index in [-0.39, 0.29) is 24.2 Å². The van der Waals surface area contributed by atoms with Gasteiger partial charge >= 0.3 is 0 Å². The van der Waals surface area contributed by atoms with Crippen LogP contribution in [0.15, 0.2) is 170 Å². The predicted octanol–water partition coefficient (Wildman–Crippen LogP) is 12.6. The Hall–Kier alpha value is -6.69. The van der Waals surface area contributed by atoms with E-state index in [4.69, 9.17) is 20.4 Å². The molecule has 0 amide bonds. The van der Waals surface area contributed by atoms with E-state index in [9.17, 15) is 0 Å². The molecule has 0 aliphatic rings. The molecule has 0 fully saturated rings. The predicted molar refractivity (Wildman–Crippen MR) is 218 cm³/mol. The second kappa shape index (κ2) is 11.4. The first kappa shape index (κ1) is 25.3. The number of nitrogens with zero attached hydrogens (tertiary/aromatic N) is 4. The average Bonchev–Trinajstić information content (AvgIpc) is 3.83. The molecule has 0 saturated carbocycles. The second-order valence-electron chi connectivity index (χ2n) is 12.9. The molecule has 0 saturated heterocycles. The number of fused-ring (bicyclic) bond motifs is 12. The van der Waals surface area contributed by atoms with E-state index < -0.39 is 0 Å². The molecule has 0 atom stereocenters. The maximum absolute atomic E-state index is 9.11. The first-order valence-electron chi connectivity index (χ1n) is 19.1. The zero-order chi connectivity index (χ0) is 37.7. The van der Waals surface area contributed by atoms with Crippen molar-refractivity contribution in [2.45, 2.75) is 0 Å². The minimum Gasteiger partial charge on any atom is -0.309 e. The van der Waals surface area contributed by atoms with Crippen molar-refractivity contribution in [1.29, 1.82) is 0 Å². The standard InChI is InChI=1S/C47H28N4S/c1-3-13-29(14-4-1)45-48-46(30-15-5-2-6-16-30)50-47(49-45)31-23-25-32(26-24-31)51-38-27-28-40-41(37-21-11-12-22-39(37)52-40)43(38)42-35-19-9-7-17-33(35)34-18-8-10-20-36(34)44(42)51/h1-28H/i11D,12D,21D,22D. The normalized spacial score (nSPS) is 12.9. The van der Waals surface area contributed by atoms with Crippen molar-refractivity contribution in [2.24, 2.45) is 0 Å². The van der Waals surface area contributed by atoms with Crippen molar-refractivity contribution in [2.75, 3.05) is 0 Å². The summed E-state index contributed by atoms with van der Waals surface area (Å²) in [6.45, 7) is 0. The maximum Gasteiger partial charge on any atom is 0.164 e. The lowest BCUT2D eigenvalue weighted by atomic mass is 9.95. The quantitative estimate of drug-likeness (QED) is 0.173. The Morgan fingerprint density at radius 2 is 0.962 bits per heavy atom. The van der Waals surface area contributed by atoms with Crippen LogP contribution in [0.1, 0.15) is 5.48 Å². The summed E-state index contributed by atoms with van der Waals surface area (Å²) in [7, 11) is 0. The second-order valence-corrected chi connectivity index (χ2v) is 13.9. The summed E-state index contributed by atoms with van der Waals surface area (Å²) in [4.78, 5) is 14.8. The molecular formula is C47H28N4S. The van der Waals surface area contributed by atoms with Gasteiger partial charge in [-0.3, -0.25) is 0 Å². The van der Waals surface area contributed by atoms with Crippen LogP contribution in [0.25, 0.3) is 103 Å². The molecule has 52 heavy (non-hydrogen) atoms. The Kier molecular flexibility index (Phi) is 5.55.